The van der Waals surface area contributed by atoms with Crippen molar-refractivity contribution in [3.05, 3.63) is 17.5 Å². The number of hydrogen-bond donors (Lipinski definition) is 1. The van der Waals surface area contributed by atoms with Gasteiger partial charge >= 0.3 is 0 Å². The van der Waals surface area contributed by atoms with Gasteiger partial charge in [-0.25, -0.2) is 0 Å². The Bertz CT molecular complexity index is 548. The fourth-order valence-electron chi connectivity index (χ4n) is 3.46. The number of aromatic nitrogens is 2. The van der Waals surface area contributed by atoms with Crippen LogP contribution < -0.4 is 5.32 Å². The minimum atomic E-state index is 0.301. The summed E-state index contributed by atoms with van der Waals surface area (Å²) in [5.74, 6) is 3.16. The Morgan fingerprint density at radius 2 is 2.27 bits per heavy atom. The fraction of sp³-hybridized carbons (Fsp3) is 0.750. The largest absolute Gasteiger partial charge is 0.335 e. The molecule has 1 aromatic rings. The molecule has 6 heteroatoms. The lowest BCUT2D eigenvalue weighted by molar-refractivity contribution is -0.139. The van der Waals surface area contributed by atoms with Crippen LogP contribution >= 0.6 is 11.8 Å². The summed E-state index contributed by atoms with van der Waals surface area (Å²) in [6.45, 7) is 3.24. The van der Waals surface area contributed by atoms with Gasteiger partial charge in [-0.15, -0.1) is 0 Å². The van der Waals surface area contributed by atoms with E-state index in [9.17, 15) is 4.79 Å². The minimum absolute atomic E-state index is 0.301. The Labute approximate surface area is 135 Å². The summed E-state index contributed by atoms with van der Waals surface area (Å²) >= 11 is 2.03. The molecule has 3 heterocycles. The predicted molar refractivity (Wildman–Crippen MR) is 87.6 cm³/mol. The summed E-state index contributed by atoms with van der Waals surface area (Å²) in [6.07, 6.45) is 4.66. The van der Waals surface area contributed by atoms with Gasteiger partial charge in [0.15, 0.2) is 0 Å². The zero-order valence-electron chi connectivity index (χ0n) is 13.0. The molecule has 0 radical (unpaired) electrons. The van der Waals surface area contributed by atoms with Crippen molar-refractivity contribution in [2.45, 2.75) is 51.4 Å². The third-order valence-electron chi connectivity index (χ3n) is 5.12. The van der Waals surface area contributed by atoms with E-state index in [4.69, 9.17) is 5.10 Å². The summed E-state index contributed by atoms with van der Waals surface area (Å²) in [4.78, 5) is 14.4. The van der Waals surface area contributed by atoms with Crippen LogP contribution in [0.25, 0.3) is 0 Å². The number of carbonyl (C=O) groups is 1. The first-order valence-corrected chi connectivity index (χ1v) is 9.60. The minimum Gasteiger partial charge on any atom is -0.335 e. The topological polar surface area (TPSA) is 50.2 Å². The van der Waals surface area contributed by atoms with Gasteiger partial charge in [-0.1, -0.05) is 6.42 Å². The highest BCUT2D eigenvalue weighted by Gasteiger charge is 2.31. The maximum Gasteiger partial charge on any atom is 0.226 e. The van der Waals surface area contributed by atoms with Crippen molar-refractivity contribution < 1.29 is 4.79 Å². The van der Waals surface area contributed by atoms with E-state index < -0.39 is 0 Å². The van der Waals surface area contributed by atoms with E-state index in [1.165, 1.54) is 30.0 Å². The van der Waals surface area contributed by atoms with Crippen molar-refractivity contribution in [1.29, 1.82) is 0 Å². The second-order valence-corrected chi connectivity index (χ2v) is 7.83. The van der Waals surface area contributed by atoms with Crippen molar-refractivity contribution >= 4 is 17.7 Å². The standard InChI is InChI=1S/C16H24N4OS/c21-16(12-2-1-3-12)19-5-6-20-15(10-19)8-14(18-20)9-17-13-4-7-22-11-13/h8,12-13,17H,1-7,9-11H2. The summed E-state index contributed by atoms with van der Waals surface area (Å²) in [7, 11) is 0. The maximum atomic E-state index is 12.4. The Morgan fingerprint density at radius 3 is 3.00 bits per heavy atom. The molecule has 1 unspecified atom stereocenters. The van der Waals surface area contributed by atoms with Crippen LogP contribution in [0.4, 0.5) is 0 Å². The zero-order chi connectivity index (χ0) is 14.9. The summed E-state index contributed by atoms with van der Waals surface area (Å²) < 4.78 is 2.09. The number of rotatable bonds is 4. The lowest BCUT2D eigenvalue weighted by Gasteiger charge is -2.34. The molecule has 1 aliphatic carbocycles. The SMILES string of the molecule is O=C(C1CCC1)N1CCn2nc(CNC3CCSC3)cc2C1. The molecule has 1 saturated heterocycles. The number of nitrogens with zero attached hydrogens (tertiary/aromatic N) is 3. The van der Waals surface area contributed by atoms with E-state index in [2.05, 4.69) is 16.1 Å². The van der Waals surface area contributed by atoms with Crippen LogP contribution in [0.3, 0.4) is 0 Å². The Hall–Kier alpha value is -1.01. The van der Waals surface area contributed by atoms with Gasteiger partial charge in [-0.05, 0) is 31.1 Å². The molecule has 3 aliphatic rings. The lowest BCUT2D eigenvalue weighted by Crippen LogP contribution is -2.43. The van der Waals surface area contributed by atoms with Crippen LogP contribution in [0, 0.1) is 5.92 Å². The number of carbonyl (C=O) groups excluding carboxylic acids is 1. The van der Waals surface area contributed by atoms with E-state index in [1.807, 2.05) is 16.7 Å². The molecule has 1 atom stereocenters. The average molecular weight is 320 g/mol. The van der Waals surface area contributed by atoms with Crippen molar-refractivity contribution in [2.75, 3.05) is 18.1 Å². The maximum absolute atomic E-state index is 12.4. The van der Waals surface area contributed by atoms with Crippen LogP contribution in [0.2, 0.25) is 0 Å². The van der Waals surface area contributed by atoms with Gasteiger partial charge in [-0.2, -0.15) is 16.9 Å². The number of nitrogens with one attached hydrogen (secondary N) is 1. The molecule has 5 nitrogen and oxygen atoms in total. The van der Waals surface area contributed by atoms with Gasteiger partial charge < -0.3 is 10.2 Å². The van der Waals surface area contributed by atoms with E-state index in [0.717, 1.165) is 44.7 Å². The van der Waals surface area contributed by atoms with Crippen molar-refractivity contribution in [3.8, 4) is 0 Å². The fourth-order valence-corrected chi connectivity index (χ4v) is 4.65. The second-order valence-electron chi connectivity index (χ2n) is 6.68. The molecule has 2 aliphatic heterocycles. The molecule has 0 spiro atoms. The smallest absolute Gasteiger partial charge is 0.226 e. The van der Waals surface area contributed by atoms with Gasteiger partial charge in [-0.3, -0.25) is 9.48 Å². The molecule has 1 aromatic heterocycles. The molecule has 22 heavy (non-hydrogen) atoms. The first-order chi connectivity index (χ1) is 10.8. The van der Waals surface area contributed by atoms with E-state index in [0.29, 0.717) is 17.9 Å². The van der Waals surface area contributed by atoms with Gasteiger partial charge in [0.25, 0.3) is 0 Å². The number of thioether (sulfide) groups is 1. The molecular weight excluding hydrogens is 296 g/mol. The van der Waals surface area contributed by atoms with Crippen LogP contribution in [0.15, 0.2) is 6.07 Å². The van der Waals surface area contributed by atoms with Gasteiger partial charge in [0.05, 0.1) is 24.5 Å². The Balaban J connectivity index is 1.36. The van der Waals surface area contributed by atoms with Gasteiger partial charge in [0.1, 0.15) is 0 Å². The van der Waals surface area contributed by atoms with Crippen molar-refractivity contribution in [3.63, 3.8) is 0 Å². The quantitative estimate of drug-likeness (QED) is 0.916. The molecule has 2 fully saturated rings. The van der Waals surface area contributed by atoms with Crippen LogP contribution in [0.5, 0.6) is 0 Å². The molecular formula is C16H24N4OS. The normalized spacial score (nSPS) is 25.1. The Morgan fingerprint density at radius 1 is 1.36 bits per heavy atom. The molecule has 4 rings (SSSR count). The second kappa shape index (κ2) is 6.24. The molecule has 1 N–H and O–H groups in total. The molecule has 1 amide bonds. The molecule has 0 aromatic carbocycles. The third-order valence-corrected chi connectivity index (χ3v) is 6.28. The molecule has 1 saturated carbocycles. The first-order valence-electron chi connectivity index (χ1n) is 8.45. The van der Waals surface area contributed by atoms with Crippen LogP contribution in [-0.4, -0.2) is 44.7 Å². The molecule has 0 bridgehead atoms. The van der Waals surface area contributed by atoms with Gasteiger partial charge in [0, 0.05) is 30.8 Å². The highest BCUT2D eigenvalue weighted by Crippen LogP contribution is 2.29. The summed E-state index contributed by atoms with van der Waals surface area (Å²) in [6, 6.07) is 2.82. The van der Waals surface area contributed by atoms with E-state index in [1.54, 1.807) is 0 Å². The monoisotopic (exact) mass is 320 g/mol. The lowest BCUT2D eigenvalue weighted by atomic mass is 9.84. The first kappa shape index (κ1) is 14.6. The highest BCUT2D eigenvalue weighted by molar-refractivity contribution is 7.99. The van der Waals surface area contributed by atoms with Crippen LogP contribution in [-0.2, 0) is 24.4 Å². The number of fused-ring (bicyclic) bond motifs is 1. The number of hydrogen-bond acceptors (Lipinski definition) is 4. The van der Waals surface area contributed by atoms with E-state index >= 15 is 0 Å². The van der Waals surface area contributed by atoms with Crippen molar-refractivity contribution in [1.82, 2.24) is 20.0 Å². The number of amides is 1. The Kier molecular flexibility index (Phi) is 4.13. The zero-order valence-corrected chi connectivity index (χ0v) is 13.8. The molecule has 120 valence electrons. The van der Waals surface area contributed by atoms with Crippen molar-refractivity contribution in [2.24, 2.45) is 5.92 Å². The van der Waals surface area contributed by atoms with E-state index in [-0.39, 0.29) is 0 Å². The summed E-state index contributed by atoms with van der Waals surface area (Å²) in [5, 5.41) is 8.29. The average Bonchev–Trinajstić information content (AvgIpc) is 3.11. The summed E-state index contributed by atoms with van der Waals surface area (Å²) in [5.41, 5.74) is 2.31. The highest BCUT2D eigenvalue weighted by atomic mass is 32.2. The van der Waals surface area contributed by atoms with Crippen LogP contribution in [0.1, 0.15) is 37.1 Å². The third kappa shape index (κ3) is 2.91. The predicted octanol–water partition coefficient (Wildman–Crippen LogP) is 1.62. The van der Waals surface area contributed by atoms with Gasteiger partial charge in [0.2, 0.25) is 5.91 Å².